The fraction of sp³-hybridized carbons (Fsp3) is 0.633. The van der Waals surface area contributed by atoms with Gasteiger partial charge in [-0.25, -0.2) is 5.84 Å². The summed E-state index contributed by atoms with van der Waals surface area (Å²) >= 11 is 0. The molecule has 5 heteroatoms. The van der Waals surface area contributed by atoms with Crippen molar-refractivity contribution in [1.29, 1.82) is 0 Å². The first-order valence-electron chi connectivity index (χ1n) is 13.7. The van der Waals surface area contributed by atoms with E-state index in [1.54, 1.807) is 5.01 Å². The second kappa shape index (κ2) is 15.0. The van der Waals surface area contributed by atoms with Crippen molar-refractivity contribution in [3.8, 4) is 0 Å². The SMILES string of the molecule is C=C(/C=C(/CC/C(=C(/N)c1ccc(CC2CCCCC2)c(C)n1)N(C)N)N(C)C)CCCCCC. The molecule has 0 unspecified atom stereocenters. The van der Waals surface area contributed by atoms with Gasteiger partial charge in [0.1, 0.15) is 0 Å². The molecule has 0 aromatic carbocycles. The van der Waals surface area contributed by atoms with Gasteiger partial charge in [0.15, 0.2) is 0 Å². The van der Waals surface area contributed by atoms with E-state index < -0.39 is 0 Å². The summed E-state index contributed by atoms with van der Waals surface area (Å²) in [6, 6.07) is 4.30. The van der Waals surface area contributed by atoms with Crippen molar-refractivity contribution in [2.75, 3.05) is 21.1 Å². The van der Waals surface area contributed by atoms with Crippen molar-refractivity contribution in [1.82, 2.24) is 14.9 Å². The number of aromatic nitrogens is 1. The molecule has 0 saturated heterocycles. The summed E-state index contributed by atoms with van der Waals surface area (Å²) in [5, 5.41) is 1.65. The number of hydrogen-bond donors (Lipinski definition) is 2. The van der Waals surface area contributed by atoms with Gasteiger partial charge >= 0.3 is 0 Å². The zero-order valence-electron chi connectivity index (χ0n) is 23.2. The minimum absolute atomic E-state index is 0.666. The van der Waals surface area contributed by atoms with Gasteiger partial charge in [-0.2, -0.15) is 0 Å². The van der Waals surface area contributed by atoms with Crippen LogP contribution in [0.2, 0.25) is 0 Å². The molecule has 1 aromatic heterocycles. The van der Waals surface area contributed by atoms with Gasteiger partial charge in [-0.05, 0) is 62.7 Å². The highest BCUT2D eigenvalue weighted by Gasteiger charge is 2.17. The average Bonchev–Trinajstić information content (AvgIpc) is 2.82. The Hall–Kier alpha value is -2.27. The molecule has 5 nitrogen and oxygen atoms in total. The van der Waals surface area contributed by atoms with Crippen molar-refractivity contribution >= 4 is 5.70 Å². The van der Waals surface area contributed by atoms with Crippen LogP contribution in [0.1, 0.15) is 101 Å². The number of hydrogen-bond acceptors (Lipinski definition) is 5. The van der Waals surface area contributed by atoms with Crippen LogP contribution in [0.4, 0.5) is 0 Å². The van der Waals surface area contributed by atoms with E-state index in [-0.39, 0.29) is 0 Å². The van der Waals surface area contributed by atoms with Crippen LogP contribution in [0.3, 0.4) is 0 Å². The van der Waals surface area contributed by atoms with Crippen molar-refractivity contribution in [2.45, 2.75) is 97.3 Å². The minimum atomic E-state index is 0.666. The summed E-state index contributed by atoms with van der Waals surface area (Å²) in [7, 11) is 6.04. The van der Waals surface area contributed by atoms with E-state index in [9.17, 15) is 0 Å². The number of nitrogens with two attached hydrogens (primary N) is 2. The fourth-order valence-electron chi connectivity index (χ4n) is 5.06. The molecule has 1 saturated carbocycles. The molecule has 0 aliphatic heterocycles. The number of rotatable bonds is 14. The summed E-state index contributed by atoms with van der Waals surface area (Å²) in [4.78, 5) is 7.07. The highest BCUT2D eigenvalue weighted by atomic mass is 15.4. The van der Waals surface area contributed by atoms with Gasteiger partial charge in [0.2, 0.25) is 0 Å². The number of nitrogens with zero attached hydrogens (tertiary/aromatic N) is 3. The summed E-state index contributed by atoms with van der Waals surface area (Å²) in [5.41, 5.74) is 13.9. The van der Waals surface area contributed by atoms with Crippen LogP contribution in [-0.4, -0.2) is 36.0 Å². The second-order valence-electron chi connectivity index (χ2n) is 10.6. The number of allylic oxidation sites excluding steroid dienone is 4. The summed E-state index contributed by atoms with van der Waals surface area (Å²) in [6.45, 7) is 8.65. The molecule has 1 heterocycles. The molecule has 35 heavy (non-hydrogen) atoms. The van der Waals surface area contributed by atoms with Crippen LogP contribution < -0.4 is 11.6 Å². The number of aryl methyl sites for hydroxylation is 1. The zero-order valence-corrected chi connectivity index (χ0v) is 23.2. The van der Waals surface area contributed by atoms with E-state index in [2.05, 4.69) is 57.6 Å². The Labute approximate surface area is 215 Å². The molecule has 0 amide bonds. The molecule has 0 spiro atoms. The Bertz CT molecular complexity index is 859. The van der Waals surface area contributed by atoms with Crippen LogP contribution >= 0.6 is 0 Å². The van der Waals surface area contributed by atoms with Gasteiger partial charge in [-0.15, -0.1) is 0 Å². The van der Waals surface area contributed by atoms with Gasteiger partial charge in [-0.3, -0.25) is 4.98 Å². The lowest BCUT2D eigenvalue weighted by molar-refractivity contribution is 0.356. The third kappa shape index (κ3) is 9.71. The molecular formula is C30H51N5. The maximum absolute atomic E-state index is 6.65. The van der Waals surface area contributed by atoms with Crippen molar-refractivity contribution in [3.63, 3.8) is 0 Å². The molecule has 1 aromatic rings. The third-order valence-electron chi connectivity index (χ3n) is 7.36. The van der Waals surface area contributed by atoms with Crippen LogP contribution in [0.25, 0.3) is 5.70 Å². The highest BCUT2D eigenvalue weighted by molar-refractivity contribution is 5.63. The standard InChI is InChI=1S/C30H51N5/c1-7-8-9-11-14-23(2)21-27(34(4)5)18-20-29(35(6)32)30(31)28-19-17-26(24(3)33-28)22-25-15-12-10-13-16-25/h17,19,21,25H,2,7-16,18,20,22,31-32H2,1,3-6H3/b27-21-,30-29-. The van der Waals surface area contributed by atoms with Gasteiger partial charge in [0, 0.05) is 32.5 Å². The number of pyridine rings is 1. The molecule has 0 bridgehead atoms. The maximum atomic E-state index is 6.65. The molecule has 0 radical (unpaired) electrons. The number of unbranched alkanes of at least 4 members (excludes halogenated alkanes) is 3. The van der Waals surface area contributed by atoms with E-state index in [0.717, 1.165) is 48.7 Å². The highest BCUT2D eigenvalue weighted by Crippen LogP contribution is 2.28. The van der Waals surface area contributed by atoms with Crippen LogP contribution in [-0.2, 0) is 6.42 Å². The maximum Gasteiger partial charge on any atom is 0.0880 e. The van der Waals surface area contributed by atoms with Crippen molar-refractivity contribution in [3.05, 3.63) is 58.7 Å². The predicted octanol–water partition coefficient (Wildman–Crippen LogP) is 6.70. The minimum Gasteiger partial charge on any atom is -0.396 e. The third-order valence-corrected chi connectivity index (χ3v) is 7.36. The van der Waals surface area contributed by atoms with Crippen LogP contribution in [0.15, 0.2) is 41.8 Å². The molecule has 196 valence electrons. The van der Waals surface area contributed by atoms with Crippen molar-refractivity contribution < 1.29 is 0 Å². The molecular weight excluding hydrogens is 430 g/mol. The average molecular weight is 482 g/mol. The van der Waals surface area contributed by atoms with Crippen molar-refractivity contribution in [2.24, 2.45) is 17.5 Å². The van der Waals surface area contributed by atoms with E-state index in [1.807, 2.05) is 7.05 Å². The lowest BCUT2D eigenvalue weighted by Crippen LogP contribution is -2.28. The summed E-state index contributed by atoms with van der Waals surface area (Å²) in [5.74, 6) is 7.04. The monoisotopic (exact) mass is 481 g/mol. The Morgan fingerprint density at radius 1 is 1.06 bits per heavy atom. The summed E-state index contributed by atoms with van der Waals surface area (Å²) in [6.07, 6.45) is 17.8. The smallest absolute Gasteiger partial charge is 0.0880 e. The van der Waals surface area contributed by atoms with Gasteiger partial charge in [0.05, 0.1) is 17.1 Å². The predicted molar refractivity (Wildman–Crippen MR) is 151 cm³/mol. The van der Waals surface area contributed by atoms with E-state index >= 15 is 0 Å². The Morgan fingerprint density at radius 2 is 1.77 bits per heavy atom. The van der Waals surface area contributed by atoms with Gasteiger partial charge in [0.25, 0.3) is 0 Å². The Morgan fingerprint density at radius 3 is 2.37 bits per heavy atom. The first-order valence-corrected chi connectivity index (χ1v) is 13.7. The van der Waals surface area contributed by atoms with Crippen LogP contribution in [0, 0.1) is 12.8 Å². The molecule has 4 N–H and O–H groups in total. The van der Waals surface area contributed by atoms with Gasteiger partial charge in [-0.1, -0.05) is 76.5 Å². The zero-order chi connectivity index (χ0) is 25.8. The quantitative estimate of drug-likeness (QED) is 0.134. The second-order valence-corrected chi connectivity index (χ2v) is 10.6. The molecule has 0 atom stereocenters. The van der Waals surface area contributed by atoms with Gasteiger partial charge < -0.3 is 15.6 Å². The fourth-order valence-corrected chi connectivity index (χ4v) is 5.06. The first-order chi connectivity index (χ1) is 16.7. The molecule has 2 rings (SSSR count). The lowest BCUT2D eigenvalue weighted by Gasteiger charge is -2.24. The number of hydrazine groups is 1. The van der Waals surface area contributed by atoms with E-state index in [4.69, 9.17) is 16.6 Å². The molecule has 1 aliphatic carbocycles. The topological polar surface area (TPSA) is 71.4 Å². The largest absolute Gasteiger partial charge is 0.396 e. The summed E-state index contributed by atoms with van der Waals surface area (Å²) < 4.78 is 0. The Balaban J connectivity index is 2.11. The molecule has 1 aliphatic rings. The first kappa shape index (κ1) is 29.0. The van der Waals surface area contributed by atoms with E-state index in [1.165, 1.54) is 74.6 Å². The normalized spacial score (nSPS) is 15.7. The lowest BCUT2D eigenvalue weighted by atomic mass is 9.84. The molecule has 1 fully saturated rings. The Kier molecular flexibility index (Phi) is 12.4. The van der Waals surface area contributed by atoms with Crippen LogP contribution in [0.5, 0.6) is 0 Å². The van der Waals surface area contributed by atoms with E-state index in [0.29, 0.717) is 5.70 Å².